The van der Waals surface area contributed by atoms with Crippen molar-refractivity contribution in [3.05, 3.63) is 22.4 Å². The van der Waals surface area contributed by atoms with Crippen LogP contribution in [-0.4, -0.2) is 19.3 Å². The molecule has 0 fully saturated rings. The van der Waals surface area contributed by atoms with Gasteiger partial charge in [0.15, 0.2) is 0 Å². The first-order valence-electron chi connectivity index (χ1n) is 4.29. The topological polar surface area (TPSA) is 47.3 Å². The SMILES string of the molecule is COC(C)C(Cc1cccs1)NN. The Kier molecular flexibility index (Phi) is 4.38. The lowest BCUT2D eigenvalue weighted by atomic mass is 10.1. The maximum atomic E-state index is 5.44. The first-order valence-corrected chi connectivity index (χ1v) is 5.17. The van der Waals surface area contributed by atoms with Crippen LogP contribution in [0.4, 0.5) is 0 Å². The summed E-state index contributed by atoms with van der Waals surface area (Å²) in [5.74, 6) is 5.44. The van der Waals surface area contributed by atoms with E-state index >= 15 is 0 Å². The number of methoxy groups -OCH3 is 1. The Morgan fingerprint density at radius 1 is 1.69 bits per heavy atom. The third kappa shape index (κ3) is 3.08. The second-order valence-electron chi connectivity index (χ2n) is 3.00. The second-order valence-corrected chi connectivity index (χ2v) is 4.03. The molecule has 13 heavy (non-hydrogen) atoms. The van der Waals surface area contributed by atoms with Crippen LogP contribution in [-0.2, 0) is 11.2 Å². The molecule has 0 saturated heterocycles. The Balaban J connectivity index is 2.49. The molecule has 74 valence electrons. The Hall–Kier alpha value is -0.420. The van der Waals surface area contributed by atoms with E-state index in [0.717, 1.165) is 6.42 Å². The standard InChI is InChI=1S/C9H16N2OS/c1-7(12-2)9(11-10)6-8-4-3-5-13-8/h3-5,7,9,11H,6,10H2,1-2H3. The molecular weight excluding hydrogens is 184 g/mol. The summed E-state index contributed by atoms with van der Waals surface area (Å²) in [5.41, 5.74) is 2.77. The molecule has 3 N–H and O–H groups in total. The zero-order valence-corrected chi connectivity index (χ0v) is 8.80. The molecule has 4 heteroatoms. The Morgan fingerprint density at radius 3 is 2.92 bits per heavy atom. The molecule has 0 bridgehead atoms. The molecule has 0 saturated carbocycles. The third-order valence-corrected chi connectivity index (χ3v) is 3.05. The first-order chi connectivity index (χ1) is 6.27. The highest BCUT2D eigenvalue weighted by Crippen LogP contribution is 2.13. The fourth-order valence-corrected chi connectivity index (χ4v) is 1.93. The van der Waals surface area contributed by atoms with Gasteiger partial charge in [0.25, 0.3) is 0 Å². The molecular formula is C9H16N2OS. The van der Waals surface area contributed by atoms with E-state index in [9.17, 15) is 0 Å². The van der Waals surface area contributed by atoms with Crippen LogP contribution in [0.5, 0.6) is 0 Å². The average molecular weight is 200 g/mol. The summed E-state index contributed by atoms with van der Waals surface area (Å²) in [6.07, 6.45) is 1.05. The Bertz CT molecular complexity index is 226. The highest BCUT2D eigenvalue weighted by atomic mass is 32.1. The monoisotopic (exact) mass is 200 g/mol. The van der Waals surface area contributed by atoms with E-state index in [2.05, 4.69) is 16.9 Å². The second kappa shape index (κ2) is 5.34. The van der Waals surface area contributed by atoms with Crippen LogP contribution in [0.2, 0.25) is 0 Å². The predicted molar refractivity (Wildman–Crippen MR) is 55.6 cm³/mol. The highest BCUT2D eigenvalue weighted by molar-refractivity contribution is 7.09. The smallest absolute Gasteiger partial charge is 0.0713 e. The van der Waals surface area contributed by atoms with Gasteiger partial charge in [-0.2, -0.15) is 0 Å². The summed E-state index contributed by atoms with van der Waals surface area (Å²) in [4.78, 5) is 1.33. The molecule has 0 spiro atoms. The first kappa shape index (κ1) is 10.7. The van der Waals surface area contributed by atoms with Gasteiger partial charge in [-0.3, -0.25) is 11.3 Å². The lowest BCUT2D eigenvalue weighted by Gasteiger charge is -2.21. The molecule has 0 radical (unpaired) electrons. The molecule has 0 aliphatic rings. The quantitative estimate of drug-likeness (QED) is 0.554. The van der Waals surface area contributed by atoms with Crippen LogP contribution in [0.3, 0.4) is 0 Å². The fraction of sp³-hybridized carbons (Fsp3) is 0.556. The zero-order valence-electron chi connectivity index (χ0n) is 7.99. The van der Waals surface area contributed by atoms with Crippen molar-refractivity contribution in [1.29, 1.82) is 0 Å². The summed E-state index contributed by atoms with van der Waals surface area (Å²) >= 11 is 1.74. The van der Waals surface area contributed by atoms with Crippen molar-refractivity contribution >= 4 is 11.3 Å². The fourth-order valence-electron chi connectivity index (χ4n) is 1.17. The molecule has 0 amide bonds. The molecule has 1 rings (SSSR count). The van der Waals surface area contributed by atoms with Crippen molar-refractivity contribution in [2.24, 2.45) is 5.84 Å². The van der Waals surface area contributed by atoms with Crippen LogP contribution >= 0.6 is 11.3 Å². The average Bonchev–Trinajstić information content (AvgIpc) is 2.65. The Labute approximate surface area is 82.9 Å². The molecule has 0 aliphatic carbocycles. The zero-order chi connectivity index (χ0) is 9.68. The number of ether oxygens (including phenoxy) is 1. The highest BCUT2D eigenvalue weighted by Gasteiger charge is 2.15. The predicted octanol–water partition coefficient (Wildman–Crippen LogP) is 1.16. The van der Waals surface area contributed by atoms with E-state index in [-0.39, 0.29) is 12.1 Å². The van der Waals surface area contributed by atoms with Gasteiger partial charge < -0.3 is 4.74 Å². The molecule has 3 nitrogen and oxygen atoms in total. The number of rotatable bonds is 5. The van der Waals surface area contributed by atoms with Gasteiger partial charge in [0.2, 0.25) is 0 Å². The van der Waals surface area contributed by atoms with Crippen molar-refractivity contribution in [1.82, 2.24) is 5.43 Å². The maximum absolute atomic E-state index is 5.44. The molecule has 1 aromatic heterocycles. The van der Waals surface area contributed by atoms with E-state index in [0.29, 0.717) is 0 Å². The van der Waals surface area contributed by atoms with E-state index in [1.54, 1.807) is 18.4 Å². The number of hydrogen-bond donors (Lipinski definition) is 2. The minimum Gasteiger partial charge on any atom is -0.380 e. The number of hydrazine groups is 1. The van der Waals surface area contributed by atoms with Crippen molar-refractivity contribution in [3.8, 4) is 0 Å². The van der Waals surface area contributed by atoms with Crippen molar-refractivity contribution in [2.45, 2.75) is 25.5 Å². The summed E-state index contributed by atoms with van der Waals surface area (Å²) < 4.78 is 5.21. The van der Waals surface area contributed by atoms with Crippen molar-refractivity contribution < 1.29 is 4.74 Å². The molecule has 1 aromatic rings. The van der Waals surface area contributed by atoms with Gasteiger partial charge in [0.1, 0.15) is 0 Å². The molecule has 0 aromatic carbocycles. The van der Waals surface area contributed by atoms with E-state index in [4.69, 9.17) is 10.6 Å². The number of nitrogens with two attached hydrogens (primary N) is 1. The third-order valence-electron chi connectivity index (χ3n) is 2.15. The van der Waals surface area contributed by atoms with Gasteiger partial charge in [0, 0.05) is 18.4 Å². The van der Waals surface area contributed by atoms with Gasteiger partial charge in [-0.05, 0) is 18.4 Å². The van der Waals surface area contributed by atoms with Crippen molar-refractivity contribution in [3.63, 3.8) is 0 Å². The molecule has 0 aliphatic heterocycles. The van der Waals surface area contributed by atoms with E-state index in [1.807, 2.05) is 13.0 Å². The van der Waals surface area contributed by atoms with E-state index < -0.39 is 0 Å². The number of thiophene rings is 1. The summed E-state index contributed by atoms with van der Waals surface area (Å²) in [7, 11) is 1.70. The maximum Gasteiger partial charge on any atom is 0.0713 e. The van der Waals surface area contributed by atoms with Gasteiger partial charge >= 0.3 is 0 Å². The van der Waals surface area contributed by atoms with Crippen LogP contribution in [0, 0.1) is 0 Å². The van der Waals surface area contributed by atoms with Crippen LogP contribution in [0.1, 0.15) is 11.8 Å². The summed E-state index contributed by atoms with van der Waals surface area (Å²) in [6.45, 7) is 2.01. The van der Waals surface area contributed by atoms with Crippen LogP contribution in [0.15, 0.2) is 17.5 Å². The largest absolute Gasteiger partial charge is 0.380 e. The minimum absolute atomic E-state index is 0.132. The van der Waals surface area contributed by atoms with Crippen LogP contribution in [0.25, 0.3) is 0 Å². The minimum atomic E-state index is 0.132. The Morgan fingerprint density at radius 2 is 2.46 bits per heavy atom. The molecule has 1 heterocycles. The lowest BCUT2D eigenvalue weighted by Crippen LogP contribution is -2.44. The number of hydrogen-bond acceptors (Lipinski definition) is 4. The van der Waals surface area contributed by atoms with Gasteiger partial charge in [-0.25, -0.2) is 0 Å². The normalized spacial score (nSPS) is 15.6. The summed E-state index contributed by atoms with van der Waals surface area (Å²) in [5, 5.41) is 2.07. The molecule has 2 unspecified atom stereocenters. The summed E-state index contributed by atoms with van der Waals surface area (Å²) in [6, 6.07) is 4.34. The van der Waals surface area contributed by atoms with Crippen LogP contribution < -0.4 is 11.3 Å². The van der Waals surface area contributed by atoms with Gasteiger partial charge in [-0.1, -0.05) is 6.07 Å². The van der Waals surface area contributed by atoms with Crippen molar-refractivity contribution in [2.75, 3.05) is 7.11 Å². The van der Waals surface area contributed by atoms with E-state index in [1.165, 1.54) is 4.88 Å². The lowest BCUT2D eigenvalue weighted by molar-refractivity contribution is 0.0834. The molecule has 2 atom stereocenters. The van der Waals surface area contributed by atoms with Gasteiger partial charge in [0.05, 0.1) is 12.1 Å². The number of nitrogens with one attached hydrogen (secondary N) is 1. The van der Waals surface area contributed by atoms with Gasteiger partial charge in [-0.15, -0.1) is 11.3 Å².